The molecule has 116 valence electrons. The summed E-state index contributed by atoms with van der Waals surface area (Å²) in [5.41, 5.74) is 6.26. The van der Waals surface area contributed by atoms with Crippen molar-refractivity contribution in [3.8, 4) is 11.1 Å². The van der Waals surface area contributed by atoms with Gasteiger partial charge in [0.2, 0.25) is 0 Å². The van der Waals surface area contributed by atoms with E-state index in [0.717, 1.165) is 0 Å². The first kappa shape index (κ1) is 15.4. The third kappa shape index (κ3) is 3.45. The minimum atomic E-state index is 0.403. The van der Waals surface area contributed by atoms with Gasteiger partial charge in [-0.25, -0.2) is 0 Å². The number of benzene rings is 3. The first-order valence-electron chi connectivity index (χ1n) is 8.16. The van der Waals surface area contributed by atoms with Crippen LogP contribution in [0.5, 0.6) is 0 Å². The van der Waals surface area contributed by atoms with E-state index in [0.29, 0.717) is 6.04 Å². The first-order valence-corrected chi connectivity index (χ1v) is 8.16. The molecule has 3 aromatic rings. The van der Waals surface area contributed by atoms with E-state index in [1.807, 2.05) is 0 Å². The van der Waals surface area contributed by atoms with Gasteiger partial charge < -0.3 is 4.90 Å². The Morgan fingerprint density at radius 3 is 1.61 bits per heavy atom. The molecule has 0 unspecified atom stereocenters. The Bertz CT molecular complexity index is 740. The molecule has 0 amide bonds. The quantitative estimate of drug-likeness (QED) is 0.554. The zero-order valence-corrected chi connectivity index (χ0v) is 14.0. The summed E-state index contributed by atoms with van der Waals surface area (Å²) in [6.45, 7) is 6.58. The molecule has 0 aliphatic rings. The Kier molecular flexibility index (Phi) is 4.47. The monoisotopic (exact) mass is 301 g/mol. The lowest BCUT2D eigenvalue weighted by Crippen LogP contribution is -2.25. The number of nitrogens with zero attached hydrogens (tertiary/aromatic N) is 1. The van der Waals surface area contributed by atoms with Crippen LogP contribution in [-0.2, 0) is 0 Å². The lowest BCUT2D eigenvalue weighted by molar-refractivity contribution is 0.789. The van der Waals surface area contributed by atoms with Crippen LogP contribution in [0, 0.1) is 6.92 Å². The second-order valence-corrected chi connectivity index (χ2v) is 6.21. The van der Waals surface area contributed by atoms with Gasteiger partial charge in [0.15, 0.2) is 0 Å². The van der Waals surface area contributed by atoms with Gasteiger partial charge in [-0.3, -0.25) is 0 Å². The van der Waals surface area contributed by atoms with E-state index in [2.05, 4.69) is 105 Å². The highest BCUT2D eigenvalue weighted by molar-refractivity contribution is 5.70. The smallest absolute Gasteiger partial charge is 0.0413 e. The van der Waals surface area contributed by atoms with Crippen molar-refractivity contribution in [2.24, 2.45) is 0 Å². The largest absolute Gasteiger partial charge is 0.339 e. The second kappa shape index (κ2) is 6.70. The topological polar surface area (TPSA) is 3.24 Å². The molecule has 0 spiro atoms. The van der Waals surface area contributed by atoms with Crippen molar-refractivity contribution < 1.29 is 0 Å². The Morgan fingerprint density at radius 1 is 0.609 bits per heavy atom. The Hall–Kier alpha value is -2.54. The number of rotatable bonds is 4. The number of anilines is 2. The van der Waals surface area contributed by atoms with Crippen LogP contribution in [0.4, 0.5) is 11.4 Å². The zero-order valence-electron chi connectivity index (χ0n) is 14.0. The summed E-state index contributed by atoms with van der Waals surface area (Å²) in [6.07, 6.45) is 0. The summed E-state index contributed by atoms with van der Waals surface area (Å²) < 4.78 is 0. The highest BCUT2D eigenvalue weighted by Crippen LogP contribution is 2.30. The molecule has 3 rings (SSSR count). The average molecular weight is 301 g/mol. The van der Waals surface area contributed by atoms with Crippen LogP contribution in [0.25, 0.3) is 11.1 Å². The molecule has 0 fully saturated rings. The Morgan fingerprint density at radius 2 is 1.09 bits per heavy atom. The number of aryl methyl sites for hydroxylation is 1. The van der Waals surface area contributed by atoms with Crippen LogP contribution < -0.4 is 4.90 Å². The van der Waals surface area contributed by atoms with E-state index in [1.54, 1.807) is 0 Å². The molecule has 0 radical (unpaired) electrons. The molecule has 0 bridgehead atoms. The summed E-state index contributed by atoms with van der Waals surface area (Å²) in [7, 11) is 0. The van der Waals surface area contributed by atoms with Crippen LogP contribution >= 0.6 is 0 Å². The maximum atomic E-state index is 2.37. The predicted octanol–water partition coefficient (Wildman–Crippen LogP) is 6.21. The zero-order chi connectivity index (χ0) is 16.2. The van der Waals surface area contributed by atoms with Crippen LogP contribution in [0.1, 0.15) is 19.4 Å². The molecule has 0 aliphatic carbocycles. The molecular weight excluding hydrogens is 278 g/mol. The predicted molar refractivity (Wildman–Crippen MR) is 100 cm³/mol. The van der Waals surface area contributed by atoms with Gasteiger partial charge in [-0.15, -0.1) is 0 Å². The molecule has 0 saturated carbocycles. The summed E-state index contributed by atoms with van der Waals surface area (Å²) in [5.74, 6) is 0. The summed E-state index contributed by atoms with van der Waals surface area (Å²) in [4.78, 5) is 2.37. The minimum Gasteiger partial charge on any atom is -0.339 e. The van der Waals surface area contributed by atoms with Crippen LogP contribution in [0.3, 0.4) is 0 Å². The molecule has 1 nitrogen and oxygen atoms in total. The van der Waals surface area contributed by atoms with E-state index in [-0.39, 0.29) is 0 Å². The van der Waals surface area contributed by atoms with Crippen molar-refractivity contribution in [2.75, 3.05) is 4.90 Å². The third-order valence-corrected chi connectivity index (χ3v) is 4.08. The van der Waals surface area contributed by atoms with Crippen molar-refractivity contribution in [3.63, 3.8) is 0 Å². The molecule has 0 N–H and O–H groups in total. The fraction of sp³-hybridized carbons (Fsp3) is 0.182. The van der Waals surface area contributed by atoms with E-state index in [1.165, 1.54) is 28.1 Å². The van der Waals surface area contributed by atoms with E-state index >= 15 is 0 Å². The molecule has 0 aliphatic heterocycles. The van der Waals surface area contributed by atoms with Crippen LogP contribution in [0.2, 0.25) is 0 Å². The summed E-state index contributed by atoms with van der Waals surface area (Å²) >= 11 is 0. The van der Waals surface area contributed by atoms with Crippen molar-refractivity contribution in [2.45, 2.75) is 26.8 Å². The minimum absolute atomic E-state index is 0.403. The summed E-state index contributed by atoms with van der Waals surface area (Å²) in [6, 6.07) is 28.5. The average Bonchev–Trinajstić information content (AvgIpc) is 2.58. The Balaban J connectivity index is 1.93. The van der Waals surface area contributed by atoms with Crippen LogP contribution in [-0.4, -0.2) is 6.04 Å². The lowest BCUT2D eigenvalue weighted by atomic mass is 10.0. The van der Waals surface area contributed by atoms with Gasteiger partial charge in [0.1, 0.15) is 0 Å². The molecule has 23 heavy (non-hydrogen) atoms. The Labute approximate surface area is 139 Å². The first-order chi connectivity index (χ1) is 11.1. The fourth-order valence-corrected chi connectivity index (χ4v) is 2.90. The maximum Gasteiger partial charge on any atom is 0.0413 e. The SMILES string of the molecule is Cc1ccc(N(c2ccc(-c3ccccc3)cc2)C(C)C)cc1. The fourth-order valence-electron chi connectivity index (χ4n) is 2.90. The highest BCUT2D eigenvalue weighted by Gasteiger charge is 2.13. The van der Waals surface area contributed by atoms with E-state index in [4.69, 9.17) is 0 Å². The highest BCUT2D eigenvalue weighted by atomic mass is 15.2. The van der Waals surface area contributed by atoms with Gasteiger partial charge in [0.25, 0.3) is 0 Å². The van der Waals surface area contributed by atoms with Gasteiger partial charge in [-0.2, -0.15) is 0 Å². The third-order valence-electron chi connectivity index (χ3n) is 4.08. The van der Waals surface area contributed by atoms with Gasteiger partial charge in [0, 0.05) is 17.4 Å². The molecule has 1 heteroatoms. The molecule has 3 aromatic carbocycles. The molecule has 0 heterocycles. The number of hydrogen-bond donors (Lipinski definition) is 0. The van der Waals surface area contributed by atoms with Gasteiger partial charge in [-0.1, -0.05) is 60.2 Å². The molecule has 0 aromatic heterocycles. The van der Waals surface area contributed by atoms with E-state index < -0.39 is 0 Å². The normalized spacial score (nSPS) is 10.8. The maximum absolute atomic E-state index is 2.37. The van der Waals surface area contributed by atoms with Crippen molar-refractivity contribution in [1.82, 2.24) is 0 Å². The standard InChI is InChI=1S/C22H23N/c1-17(2)23(21-13-9-18(3)10-14-21)22-15-11-20(12-16-22)19-7-5-4-6-8-19/h4-17H,1-3H3. The van der Waals surface area contributed by atoms with Crippen molar-refractivity contribution in [3.05, 3.63) is 84.4 Å². The van der Waals surface area contributed by atoms with Crippen molar-refractivity contribution >= 4 is 11.4 Å². The summed E-state index contributed by atoms with van der Waals surface area (Å²) in [5, 5.41) is 0. The lowest BCUT2D eigenvalue weighted by Gasteiger charge is -2.29. The number of hydrogen-bond acceptors (Lipinski definition) is 1. The molecule has 0 atom stereocenters. The van der Waals surface area contributed by atoms with Crippen molar-refractivity contribution in [1.29, 1.82) is 0 Å². The van der Waals surface area contributed by atoms with Crippen LogP contribution in [0.15, 0.2) is 78.9 Å². The molecular formula is C22H23N. The second-order valence-electron chi connectivity index (χ2n) is 6.21. The molecule has 0 saturated heterocycles. The van der Waals surface area contributed by atoms with Gasteiger partial charge in [-0.05, 0) is 56.2 Å². The van der Waals surface area contributed by atoms with Gasteiger partial charge in [0.05, 0.1) is 0 Å². The van der Waals surface area contributed by atoms with Gasteiger partial charge >= 0.3 is 0 Å². The van der Waals surface area contributed by atoms with E-state index in [9.17, 15) is 0 Å².